The van der Waals surface area contributed by atoms with Gasteiger partial charge in [-0.3, -0.25) is 0 Å². The lowest BCUT2D eigenvalue weighted by Gasteiger charge is -2.35. The van der Waals surface area contributed by atoms with Crippen molar-refractivity contribution < 1.29 is 9.47 Å². The van der Waals surface area contributed by atoms with Gasteiger partial charge in [0.2, 0.25) is 5.79 Å². The summed E-state index contributed by atoms with van der Waals surface area (Å²) in [6.45, 7) is 0.773. The van der Waals surface area contributed by atoms with Gasteiger partial charge in [-0.1, -0.05) is 0 Å². The molecule has 0 amide bonds. The fraction of sp³-hybridized carbons (Fsp3) is 0.750. The number of hydrogen-bond acceptors (Lipinski definition) is 3. The van der Waals surface area contributed by atoms with Crippen molar-refractivity contribution in [2.75, 3.05) is 6.61 Å². The highest BCUT2D eigenvalue weighted by molar-refractivity contribution is 5.05. The van der Waals surface area contributed by atoms with Crippen LogP contribution < -0.4 is 5.73 Å². The summed E-state index contributed by atoms with van der Waals surface area (Å²) in [5.74, 6) is -0.502. The van der Waals surface area contributed by atoms with Crippen molar-refractivity contribution in [3.05, 3.63) is 12.3 Å². The van der Waals surface area contributed by atoms with E-state index in [1.54, 1.807) is 6.26 Å². The minimum absolute atomic E-state index is 0.0807. The molecule has 2 aliphatic rings. The smallest absolute Gasteiger partial charge is 0.228 e. The van der Waals surface area contributed by atoms with Crippen LogP contribution in [-0.2, 0) is 9.47 Å². The molecule has 0 bridgehead atoms. The summed E-state index contributed by atoms with van der Waals surface area (Å²) in [6.07, 6.45) is 6.69. The average molecular weight is 155 g/mol. The van der Waals surface area contributed by atoms with E-state index in [1.807, 2.05) is 6.08 Å². The van der Waals surface area contributed by atoms with Crippen LogP contribution >= 0.6 is 0 Å². The van der Waals surface area contributed by atoms with Gasteiger partial charge in [0, 0.05) is 6.42 Å². The van der Waals surface area contributed by atoms with Gasteiger partial charge in [-0.2, -0.15) is 0 Å². The quantitative estimate of drug-likeness (QED) is 0.561. The summed E-state index contributed by atoms with van der Waals surface area (Å²) in [6, 6.07) is -0.0807. The van der Waals surface area contributed by atoms with Gasteiger partial charge in [0.1, 0.15) is 0 Å². The predicted octanol–water partition coefficient (Wildman–Crippen LogP) is 0.754. The molecule has 11 heavy (non-hydrogen) atoms. The molecular weight excluding hydrogens is 142 g/mol. The lowest BCUT2D eigenvalue weighted by molar-refractivity contribution is -0.222. The highest BCUT2D eigenvalue weighted by Crippen LogP contribution is 2.32. The molecule has 2 rings (SSSR count). The van der Waals surface area contributed by atoms with E-state index in [4.69, 9.17) is 15.2 Å². The van der Waals surface area contributed by atoms with Crippen LogP contribution in [0.3, 0.4) is 0 Å². The van der Waals surface area contributed by atoms with Crippen LogP contribution in [0.5, 0.6) is 0 Å². The number of hydrogen-bond donors (Lipinski definition) is 1. The minimum atomic E-state index is -0.502. The van der Waals surface area contributed by atoms with Crippen LogP contribution in [0.4, 0.5) is 0 Å². The first-order chi connectivity index (χ1) is 5.33. The Morgan fingerprint density at radius 3 is 2.91 bits per heavy atom. The highest BCUT2D eigenvalue weighted by Gasteiger charge is 2.42. The van der Waals surface area contributed by atoms with Gasteiger partial charge in [0.25, 0.3) is 0 Å². The van der Waals surface area contributed by atoms with Gasteiger partial charge in [-0.05, 0) is 18.9 Å². The molecule has 0 radical (unpaired) electrons. The fourth-order valence-electron chi connectivity index (χ4n) is 1.61. The number of nitrogens with two attached hydrogens (primary N) is 1. The minimum Gasteiger partial charge on any atom is -0.468 e. The van der Waals surface area contributed by atoms with Crippen molar-refractivity contribution in [2.24, 2.45) is 5.73 Å². The van der Waals surface area contributed by atoms with E-state index < -0.39 is 5.79 Å². The molecule has 0 aromatic rings. The van der Waals surface area contributed by atoms with Crippen molar-refractivity contribution >= 4 is 0 Å². The summed E-state index contributed by atoms with van der Waals surface area (Å²) in [5.41, 5.74) is 5.81. The Hall–Kier alpha value is -0.540. The molecule has 2 N–H and O–H groups in total. The van der Waals surface area contributed by atoms with E-state index in [0.29, 0.717) is 0 Å². The fourth-order valence-corrected chi connectivity index (χ4v) is 1.61. The Labute approximate surface area is 66.2 Å². The molecule has 3 nitrogen and oxygen atoms in total. The summed E-state index contributed by atoms with van der Waals surface area (Å²) in [7, 11) is 0. The van der Waals surface area contributed by atoms with Gasteiger partial charge in [0.05, 0.1) is 18.9 Å². The van der Waals surface area contributed by atoms with Gasteiger partial charge in [-0.25, -0.2) is 0 Å². The molecule has 2 atom stereocenters. The third-order valence-electron chi connectivity index (χ3n) is 2.33. The molecule has 0 aliphatic carbocycles. The molecule has 0 unspecified atom stereocenters. The average Bonchev–Trinajstić information content (AvgIpc) is 2.36. The van der Waals surface area contributed by atoms with Crippen molar-refractivity contribution in [1.29, 1.82) is 0 Å². The molecule has 62 valence electrons. The van der Waals surface area contributed by atoms with Crippen LogP contribution in [-0.4, -0.2) is 18.4 Å². The normalized spacial score (nSPS) is 42.8. The predicted molar refractivity (Wildman–Crippen MR) is 40.7 cm³/mol. The topological polar surface area (TPSA) is 44.5 Å². The molecule has 2 aliphatic heterocycles. The highest BCUT2D eigenvalue weighted by atomic mass is 16.7. The van der Waals surface area contributed by atoms with Crippen molar-refractivity contribution in [2.45, 2.75) is 31.1 Å². The Morgan fingerprint density at radius 2 is 2.36 bits per heavy atom. The Kier molecular flexibility index (Phi) is 1.62. The Morgan fingerprint density at radius 1 is 1.45 bits per heavy atom. The molecule has 3 heteroatoms. The largest absolute Gasteiger partial charge is 0.468 e. The molecular formula is C8H13NO2. The van der Waals surface area contributed by atoms with Gasteiger partial charge in [-0.15, -0.1) is 0 Å². The number of ether oxygens (including phenoxy) is 2. The zero-order chi connectivity index (χ0) is 7.73. The summed E-state index contributed by atoms with van der Waals surface area (Å²) < 4.78 is 10.9. The van der Waals surface area contributed by atoms with Gasteiger partial charge in [0.15, 0.2) is 0 Å². The van der Waals surface area contributed by atoms with E-state index in [-0.39, 0.29) is 6.04 Å². The monoisotopic (exact) mass is 155 g/mol. The van der Waals surface area contributed by atoms with E-state index >= 15 is 0 Å². The van der Waals surface area contributed by atoms with E-state index in [0.717, 1.165) is 25.9 Å². The lowest BCUT2D eigenvalue weighted by atomic mass is 10.00. The van der Waals surface area contributed by atoms with E-state index in [2.05, 4.69) is 0 Å². The molecule has 0 aromatic carbocycles. The third kappa shape index (κ3) is 1.04. The maximum Gasteiger partial charge on any atom is 0.228 e. The maximum atomic E-state index is 5.81. The van der Waals surface area contributed by atoms with Crippen LogP contribution in [0.15, 0.2) is 12.3 Å². The number of rotatable bonds is 0. The van der Waals surface area contributed by atoms with Crippen molar-refractivity contribution in [1.82, 2.24) is 0 Å². The molecule has 1 saturated heterocycles. The maximum absolute atomic E-state index is 5.81. The standard InChI is InChI=1S/C8H13NO2/c9-7-3-6-11-8(7)4-1-2-5-10-8/h3,6-7H,1-2,4-5,9H2/t7-,8-/m0/s1. The molecule has 1 spiro atoms. The van der Waals surface area contributed by atoms with E-state index in [1.165, 1.54) is 0 Å². The van der Waals surface area contributed by atoms with Crippen LogP contribution in [0, 0.1) is 0 Å². The zero-order valence-electron chi connectivity index (χ0n) is 6.45. The first-order valence-electron chi connectivity index (χ1n) is 4.07. The van der Waals surface area contributed by atoms with Crippen molar-refractivity contribution in [3.8, 4) is 0 Å². The summed E-state index contributed by atoms with van der Waals surface area (Å²) in [5, 5.41) is 0. The SMILES string of the molecule is N[C@H]1C=CO[C@@]12CCCCO2. The Balaban J connectivity index is 2.08. The third-order valence-corrected chi connectivity index (χ3v) is 2.33. The molecule has 0 saturated carbocycles. The van der Waals surface area contributed by atoms with Crippen molar-refractivity contribution in [3.63, 3.8) is 0 Å². The van der Waals surface area contributed by atoms with Crippen LogP contribution in [0.1, 0.15) is 19.3 Å². The summed E-state index contributed by atoms with van der Waals surface area (Å²) in [4.78, 5) is 0. The first kappa shape index (κ1) is 7.13. The second-order valence-electron chi connectivity index (χ2n) is 3.09. The van der Waals surface area contributed by atoms with Gasteiger partial charge >= 0.3 is 0 Å². The molecule has 2 heterocycles. The van der Waals surface area contributed by atoms with E-state index in [9.17, 15) is 0 Å². The van der Waals surface area contributed by atoms with Gasteiger partial charge < -0.3 is 15.2 Å². The Bertz CT molecular complexity index is 173. The molecule has 0 aromatic heterocycles. The first-order valence-corrected chi connectivity index (χ1v) is 4.07. The second kappa shape index (κ2) is 2.50. The lowest BCUT2D eigenvalue weighted by Crippen LogP contribution is -2.49. The van der Waals surface area contributed by atoms with Crippen LogP contribution in [0.25, 0.3) is 0 Å². The second-order valence-corrected chi connectivity index (χ2v) is 3.09. The zero-order valence-corrected chi connectivity index (χ0v) is 6.45. The summed E-state index contributed by atoms with van der Waals surface area (Å²) >= 11 is 0. The van der Waals surface area contributed by atoms with Crippen LogP contribution in [0.2, 0.25) is 0 Å². The molecule has 1 fully saturated rings.